The quantitative estimate of drug-likeness (QED) is 0.398. The highest BCUT2D eigenvalue weighted by atomic mass is 32.2. The number of sulfonamides is 1. The van der Waals surface area contributed by atoms with Gasteiger partial charge in [0.2, 0.25) is 0 Å². The van der Waals surface area contributed by atoms with E-state index in [1.807, 2.05) is 12.1 Å². The summed E-state index contributed by atoms with van der Waals surface area (Å²) < 4.78 is 38.8. The molecule has 10 heteroatoms. The summed E-state index contributed by atoms with van der Waals surface area (Å²) in [6.45, 7) is -0.169. The van der Waals surface area contributed by atoms with E-state index < -0.39 is 10.0 Å². The number of benzene rings is 2. The summed E-state index contributed by atoms with van der Waals surface area (Å²) in [6.07, 6.45) is 5.77. The summed E-state index contributed by atoms with van der Waals surface area (Å²) in [5.74, 6) is 1.31. The Balaban J connectivity index is 1.20. The van der Waals surface area contributed by atoms with Gasteiger partial charge >= 0.3 is 0 Å². The van der Waals surface area contributed by atoms with Gasteiger partial charge in [-0.25, -0.2) is 13.4 Å². The Morgan fingerprint density at radius 3 is 2.73 bits per heavy atom. The molecular formula is C23H21N3O5S2. The standard InChI is InChI=1S/C23H21N3O5S2/c27-22(14-30-16-7-10-21-19(13-16)18-3-1-2-4-20(18)31-21)25-15-5-8-17(9-6-15)33(28,29)26-23-24-11-12-32-23/h5-13H,1-4,14H2,(H,24,26)(H,25,27). The fraction of sp³-hybridized carbons (Fsp3) is 0.217. The van der Waals surface area contributed by atoms with Crippen LogP contribution in [0.3, 0.4) is 0 Å². The van der Waals surface area contributed by atoms with Crippen molar-refractivity contribution < 1.29 is 22.4 Å². The lowest BCUT2D eigenvalue weighted by molar-refractivity contribution is -0.118. The molecule has 0 saturated heterocycles. The van der Waals surface area contributed by atoms with Crippen LogP contribution in [0.2, 0.25) is 0 Å². The number of carbonyl (C=O) groups excluding carboxylic acids is 1. The largest absolute Gasteiger partial charge is 0.484 e. The summed E-state index contributed by atoms with van der Waals surface area (Å²) >= 11 is 1.19. The van der Waals surface area contributed by atoms with Crippen LogP contribution >= 0.6 is 11.3 Å². The maximum atomic E-state index is 12.4. The fourth-order valence-electron chi connectivity index (χ4n) is 3.84. The summed E-state index contributed by atoms with van der Waals surface area (Å²) in [5.41, 5.74) is 2.56. The number of hydrogen-bond donors (Lipinski definition) is 2. The third-order valence-corrected chi connectivity index (χ3v) is 7.57. The molecule has 5 rings (SSSR count). The van der Waals surface area contributed by atoms with Crippen molar-refractivity contribution in [2.75, 3.05) is 16.6 Å². The zero-order valence-electron chi connectivity index (χ0n) is 17.5. The number of nitrogens with zero attached hydrogens (tertiary/aromatic N) is 1. The highest BCUT2D eigenvalue weighted by molar-refractivity contribution is 7.93. The second-order valence-corrected chi connectivity index (χ2v) is 10.2. The number of nitrogens with one attached hydrogen (secondary N) is 2. The molecule has 0 saturated carbocycles. The smallest absolute Gasteiger partial charge is 0.263 e. The van der Waals surface area contributed by atoms with Crippen LogP contribution in [0.5, 0.6) is 5.75 Å². The predicted molar refractivity (Wildman–Crippen MR) is 126 cm³/mol. The van der Waals surface area contributed by atoms with Gasteiger partial charge in [-0.3, -0.25) is 9.52 Å². The van der Waals surface area contributed by atoms with Crippen LogP contribution < -0.4 is 14.8 Å². The molecule has 0 aliphatic heterocycles. The molecule has 170 valence electrons. The maximum absolute atomic E-state index is 12.4. The highest BCUT2D eigenvalue weighted by Gasteiger charge is 2.18. The Bertz CT molecular complexity index is 1390. The van der Waals surface area contributed by atoms with Crippen molar-refractivity contribution in [1.82, 2.24) is 4.98 Å². The Morgan fingerprint density at radius 2 is 1.94 bits per heavy atom. The number of anilines is 2. The molecule has 33 heavy (non-hydrogen) atoms. The van der Waals surface area contributed by atoms with E-state index in [0.29, 0.717) is 16.6 Å². The van der Waals surface area contributed by atoms with Gasteiger partial charge in [-0.15, -0.1) is 11.3 Å². The first-order chi connectivity index (χ1) is 16.0. The lowest BCUT2D eigenvalue weighted by Crippen LogP contribution is -2.20. The van der Waals surface area contributed by atoms with Crippen LogP contribution in [0.25, 0.3) is 11.0 Å². The number of amides is 1. The predicted octanol–water partition coefficient (Wildman–Crippen LogP) is 4.59. The molecule has 1 aliphatic rings. The summed E-state index contributed by atoms with van der Waals surface area (Å²) in [4.78, 5) is 16.3. The maximum Gasteiger partial charge on any atom is 0.263 e. The van der Waals surface area contributed by atoms with E-state index in [2.05, 4.69) is 15.0 Å². The van der Waals surface area contributed by atoms with Crippen molar-refractivity contribution in [3.63, 3.8) is 0 Å². The topological polar surface area (TPSA) is 111 Å². The molecule has 2 N–H and O–H groups in total. The van der Waals surface area contributed by atoms with E-state index in [0.717, 1.165) is 42.4 Å². The van der Waals surface area contributed by atoms with Crippen molar-refractivity contribution >= 4 is 49.1 Å². The third kappa shape index (κ3) is 4.71. The van der Waals surface area contributed by atoms with Gasteiger partial charge < -0.3 is 14.5 Å². The molecule has 1 amide bonds. The van der Waals surface area contributed by atoms with Gasteiger partial charge in [0.05, 0.1) is 4.90 Å². The van der Waals surface area contributed by atoms with Crippen molar-refractivity contribution in [2.45, 2.75) is 30.6 Å². The van der Waals surface area contributed by atoms with E-state index in [9.17, 15) is 13.2 Å². The normalized spacial score (nSPS) is 13.5. The van der Waals surface area contributed by atoms with Crippen LogP contribution in [0.1, 0.15) is 24.2 Å². The zero-order valence-corrected chi connectivity index (χ0v) is 19.2. The van der Waals surface area contributed by atoms with E-state index >= 15 is 0 Å². The van der Waals surface area contributed by atoms with Crippen LogP contribution in [-0.4, -0.2) is 25.9 Å². The monoisotopic (exact) mass is 483 g/mol. The number of carbonyl (C=O) groups is 1. The van der Waals surface area contributed by atoms with Crippen LogP contribution in [0.4, 0.5) is 10.8 Å². The SMILES string of the molecule is O=C(COc1ccc2oc3c(c2c1)CCCC3)Nc1ccc(S(=O)(=O)Nc2nccs2)cc1. The first-order valence-electron chi connectivity index (χ1n) is 10.5. The minimum Gasteiger partial charge on any atom is -0.484 e. The van der Waals surface area contributed by atoms with Crippen molar-refractivity contribution in [2.24, 2.45) is 0 Å². The summed E-state index contributed by atoms with van der Waals surface area (Å²) in [7, 11) is -3.74. The lowest BCUT2D eigenvalue weighted by atomic mass is 9.96. The fourth-order valence-corrected chi connectivity index (χ4v) is 5.63. The third-order valence-electron chi connectivity index (χ3n) is 5.40. The van der Waals surface area contributed by atoms with Gasteiger partial charge in [-0.05, 0) is 61.7 Å². The summed E-state index contributed by atoms with van der Waals surface area (Å²) in [5, 5.41) is 5.73. The summed E-state index contributed by atoms with van der Waals surface area (Å²) in [6, 6.07) is 11.5. The zero-order chi connectivity index (χ0) is 22.8. The van der Waals surface area contributed by atoms with Gasteiger partial charge in [0.25, 0.3) is 15.9 Å². The second-order valence-electron chi connectivity index (χ2n) is 7.67. The number of thiazole rings is 1. The first-order valence-corrected chi connectivity index (χ1v) is 12.8. The number of rotatable bonds is 7. The minimum atomic E-state index is -3.74. The molecule has 1 aliphatic carbocycles. The van der Waals surface area contributed by atoms with Crippen LogP contribution in [-0.2, 0) is 27.7 Å². The lowest BCUT2D eigenvalue weighted by Gasteiger charge is -2.10. The van der Waals surface area contributed by atoms with Gasteiger partial charge in [-0.1, -0.05) is 0 Å². The molecule has 2 aromatic heterocycles. The highest BCUT2D eigenvalue weighted by Crippen LogP contribution is 2.34. The average molecular weight is 484 g/mol. The Morgan fingerprint density at radius 1 is 1.12 bits per heavy atom. The van der Waals surface area contributed by atoms with Crippen molar-refractivity contribution in [3.05, 3.63) is 65.4 Å². The van der Waals surface area contributed by atoms with Crippen LogP contribution in [0, 0.1) is 0 Å². The minimum absolute atomic E-state index is 0.0729. The molecule has 0 atom stereocenters. The molecule has 8 nitrogen and oxygen atoms in total. The Labute approximate surface area is 194 Å². The van der Waals surface area contributed by atoms with Gasteiger partial charge in [0.1, 0.15) is 17.1 Å². The number of hydrogen-bond acceptors (Lipinski definition) is 7. The van der Waals surface area contributed by atoms with Gasteiger partial charge in [0, 0.05) is 34.6 Å². The molecule has 0 radical (unpaired) electrons. The molecule has 2 aromatic carbocycles. The number of ether oxygens (including phenoxy) is 1. The molecule has 0 unspecified atom stereocenters. The Kier molecular flexibility index (Phi) is 5.77. The number of aromatic nitrogens is 1. The first kappa shape index (κ1) is 21.5. The van der Waals surface area contributed by atoms with Crippen molar-refractivity contribution in [3.8, 4) is 5.75 Å². The Hall–Kier alpha value is -3.37. The molecule has 2 heterocycles. The van der Waals surface area contributed by atoms with Crippen LogP contribution in [0.15, 0.2) is 63.4 Å². The van der Waals surface area contributed by atoms with Crippen molar-refractivity contribution in [1.29, 1.82) is 0 Å². The van der Waals surface area contributed by atoms with E-state index in [-0.39, 0.29) is 17.4 Å². The van der Waals surface area contributed by atoms with Gasteiger partial charge in [-0.2, -0.15) is 0 Å². The molecule has 0 bridgehead atoms. The molecule has 0 fully saturated rings. The number of fused-ring (bicyclic) bond motifs is 3. The number of furan rings is 1. The molecule has 0 spiro atoms. The molecule has 4 aromatic rings. The van der Waals surface area contributed by atoms with E-state index in [4.69, 9.17) is 9.15 Å². The van der Waals surface area contributed by atoms with Gasteiger partial charge in [0.15, 0.2) is 11.7 Å². The number of aryl methyl sites for hydroxylation is 2. The average Bonchev–Trinajstić information content (AvgIpc) is 3.45. The molecular weight excluding hydrogens is 462 g/mol. The second kappa shape index (κ2) is 8.87. The van der Waals surface area contributed by atoms with E-state index in [1.54, 1.807) is 11.4 Å². The van der Waals surface area contributed by atoms with E-state index in [1.165, 1.54) is 47.4 Å².